The van der Waals surface area contributed by atoms with Gasteiger partial charge in [0, 0.05) is 6.61 Å². The van der Waals surface area contributed by atoms with Crippen molar-refractivity contribution in [1.29, 1.82) is 0 Å². The van der Waals surface area contributed by atoms with E-state index in [9.17, 15) is 5.11 Å². The average molecular weight is 234 g/mol. The number of ether oxygens (including phenoxy) is 1. The summed E-state index contributed by atoms with van der Waals surface area (Å²) in [5.41, 5.74) is 5.20. The number of rotatable bonds is 4. The van der Waals surface area contributed by atoms with Crippen LogP contribution in [0.3, 0.4) is 0 Å². The van der Waals surface area contributed by atoms with E-state index in [1.807, 2.05) is 0 Å². The molecule has 1 aromatic carbocycles. The van der Waals surface area contributed by atoms with E-state index in [0.29, 0.717) is 6.61 Å². The third kappa shape index (κ3) is 2.19. The van der Waals surface area contributed by atoms with Gasteiger partial charge in [-0.2, -0.15) is 0 Å². The Labute approximate surface area is 104 Å². The quantitative estimate of drug-likeness (QED) is 0.868. The van der Waals surface area contributed by atoms with Crippen LogP contribution in [0.2, 0.25) is 0 Å². The van der Waals surface area contributed by atoms with E-state index >= 15 is 0 Å². The van der Waals surface area contributed by atoms with Crippen LogP contribution in [0.4, 0.5) is 0 Å². The zero-order valence-electron chi connectivity index (χ0n) is 11.3. The second-order valence-electron chi connectivity index (χ2n) is 5.48. The first-order valence-corrected chi connectivity index (χ1v) is 6.27. The molecule has 0 bridgehead atoms. The van der Waals surface area contributed by atoms with E-state index in [4.69, 9.17) is 4.74 Å². The largest absolute Gasteiger partial charge is 0.496 e. The molecule has 1 aliphatic rings. The molecule has 0 heterocycles. The Bertz CT molecular complexity index is 431. The molecule has 2 rings (SSSR count). The summed E-state index contributed by atoms with van der Waals surface area (Å²) in [6, 6.07) is 2.22. The monoisotopic (exact) mass is 234 g/mol. The van der Waals surface area contributed by atoms with Crippen molar-refractivity contribution in [1.82, 2.24) is 0 Å². The van der Waals surface area contributed by atoms with E-state index in [2.05, 4.69) is 26.8 Å². The molecule has 0 spiro atoms. The molecule has 1 saturated carbocycles. The van der Waals surface area contributed by atoms with Gasteiger partial charge in [0.15, 0.2) is 0 Å². The molecular formula is C15H22O2. The van der Waals surface area contributed by atoms with Gasteiger partial charge in [0.05, 0.1) is 7.11 Å². The highest BCUT2D eigenvalue weighted by Gasteiger charge is 2.42. The van der Waals surface area contributed by atoms with Crippen molar-refractivity contribution >= 4 is 0 Å². The molecule has 2 nitrogen and oxygen atoms in total. The highest BCUT2D eigenvalue weighted by Crippen LogP contribution is 2.49. The van der Waals surface area contributed by atoms with Crippen LogP contribution in [0.1, 0.15) is 35.1 Å². The lowest BCUT2D eigenvalue weighted by molar-refractivity contribution is 0.210. The Morgan fingerprint density at radius 1 is 1.24 bits per heavy atom. The summed E-state index contributed by atoms with van der Waals surface area (Å²) in [5.74, 6) is 1.02. The highest BCUT2D eigenvalue weighted by atomic mass is 16.5. The van der Waals surface area contributed by atoms with Gasteiger partial charge in [-0.25, -0.2) is 0 Å². The number of hydrogen-bond donors (Lipinski definition) is 1. The maximum Gasteiger partial charge on any atom is 0.125 e. The summed E-state index contributed by atoms with van der Waals surface area (Å²) in [6.07, 6.45) is 3.22. The molecule has 1 aliphatic carbocycles. The summed E-state index contributed by atoms with van der Waals surface area (Å²) >= 11 is 0. The van der Waals surface area contributed by atoms with Gasteiger partial charge in [-0.3, -0.25) is 0 Å². The van der Waals surface area contributed by atoms with Crippen molar-refractivity contribution < 1.29 is 9.84 Å². The molecule has 0 saturated heterocycles. The van der Waals surface area contributed by atoms with E-state index in [1.165, 1.54) is 22.3 Å². The van der Waals surface area contributed by atoms with Gasteiger partial charge in [-0.15, -0.1) is 0 Å². The van der Waals surface area contributed by atoms with Crippen LogP contribution in [-0.4, -0.2) is 18.8 Å². The molecule has 94 valence electrons. The fourth-order valence-electron chi connectivity index (χ4n) is 2.54. The van der Waals surface area contributed by atoms with Gasteiger partial charge in [0.1, 0.15) is 5.75 Å². The molecule has 17 heavy (non-hydrogen) atoms. The summed E-state index contributed by atoms with van der Waals surface area (Å²) in [6.45, 7) is 6.66. The zero-order chi connectivity index (χ0) is 12.6. The minimum Gasteiger partial charge on any atom is -0.496 e. The maximum absolute atomic E-state index is 9.46. The third-order valence-electron chi connectivity index (χ3n) is 4.16. The third-order valence-corrected chi connectivity index (χ3v) is 4.16. The molecule has 1 fully saturated rings. The van der Waals surface area contributed by atoms with Gasteiger partial charge in [-0.1, -0.05) is 6.07 Å². The fourth-order valence-corrected chi connectivity index (χ4v) is 2.54. The number of benzene rings is 1. The molecule has 1 aromatic rings. The van der Waals surface area contributed by atoms with Crippen LogP contribution in [0, 0.1) is 26.2 Å². The average Bonchev–Trinajstić information content (AvgIpc) is 3.07. The van der Waals surface area contributed by atoms with Crippen LogP contribution in [-0.2, 0) is 6.42 Å². The van der Waals surface area contributed by atoms with Crippen molar-refractivity contribution in [3.05, 3.63) is 28.3 Å². The maximum atomic E-state index is 9.46. The van der Waals surface area contributed by atoms with Crippen molar-refractivity contribution in [3.8, 4) is 5.75 Å². The van der Waals surface area contributed by atoms with Crippen LogP contribution >= 0.6 is 0 Å². The Morgan fingerprint density at radius 2 is 1.88 bits per heavy atom. The Hall–Kier alpha value is -1.02. The first-order valence-electron chi connectivity index (χ1n) is 6.27. The Kier molecular flexibility index (Phi) is 3.17. The molecule has 2 heteroatoms. The summed E-state index contributed by atoms with van der Waals surface area (Å²) < 4.78 is 5.57. The molecule has 0 aliphatic heterocycles. The molecule has 0 amide bonds. The van der Waals surface area contributed by atoms with Gasteiger partial charge in [0.25, 0.3) is 0 Å². The number of aliphatic hydroxyl groups excluding tert-OH is 1. The zero-order valence-corrected chi connectivity index (χ0v) is 11.3. The summed E-state index contributed by atoms with van der Waals surface area (Å²) in [4.78, 5) is 0. The first-order chi connectivity index (χ1) is 8.03. The topological polar surface area (TPSA) is 29.5 Å². The fraction of sp³-hybridized carbons (Fsp3) is 0.600. The number of hydrogen-bond acceptors (Lipinski definition) is 2. The van der Waals surface area contributed by atoms with E-state index in [1.54, 1.807) is 7.11 Å². The molecule has 0 atom stereocenters. The van der Waals surface area contributed by atoms with Crippen molar-refractivity contribution in [2.45, 2.75) is 40.0 Å². The smallest absolute Gasteiger partial charge is 0.125 e. The van der Waals surface area contributed by atoms with Crippen molar-refractivity contribution in [3.63, 3.8) is 0 Å². The Morgan fingerprint density at radius 3 is 2.35 bits per heavy atom. The van der Waals surface area contributed by atoms with Crippen LogP contribution in [0.5, 0.6) is 5.75 Å². The molecule has 0 radical (unpaired) electrons. The van der Waals surface area contributed by atoms with Gasteiger partial charge in [0.2, 0.25) is 0 Å². The lowest BCUT2D eigenvalue weighted by Gasteiger charge is -2.20. The molecule has 1 N–H and O–H groups in total. The van der Waals surface area contributed by atoms with Crippen molar-refractivity contribution in [2.75, 3.05) is 13.7 Å². The van der Waals surface area contributed by atoms with Crippen molar-refractivity contribution in [2.24, 2.45) is 5.41 Å². The van der Waals surface area contributed by atoms with Crippen LogP contribution in [0.15, 0.2) is 6.07 Å². The second-order valence-corrected chi connectivity index (χ2v) is 5.48. The van der Waals surface area contributed by atoms with Crippen LogP contribution < -0.4 is 4.74 Å². The minimum atomic E-state index is 0.139. The van der Waals surface area contributed by atoms with Gasteiger partial charge in [-0.05, 0) is 67.7 Å². The summed E-state index contributed by atoms with van der Waals surface area (Å²) in [7, 11) is 1.74. The number of aliphatic hydroxyl groups is 1. The van der Waals surface area contributed by atoms with E-state index < -0.39 is 0 Å². The van der Waals surface area contributed by atoms with Gasteiger partial charge < -0.3 is 9.84 Å². The highest BCUT2D eigenvalue weighted by molar-refractivity contribution is 5.50. The Balaban J connectivity index is 2.42. The minimum absolute atomic E-state index is 0.139. The number of aryl methyl sites for hydroxylation is 2. The normalized spacial score (nSPS) is 17.0. The SMILES string of the molecule is COc1c(C)c(C)cc(C)c1CC1(CO)CC1. The van der Waals surface area contributed by atoms with Gasteiger partial charge >= 0.3 is 0 Å². The van der Waals surface area contributed by atoms with E-state index in [-0.39, 0.29) is 5.41 Å². The predicted octanol–water partition coefficient (Wildman–Crippen LogP) is 2.94. The predicted molar refractivity (Wildman–Crippen MR) is 69.7 cm³/mol. The standard InChI is InChI=1S/C15H22O2/c1-10-7-11(2)13(14(17-4)12(10)3)8-15(9-16)5-6-15/h7,16H,5-6,8-9H2,1-4H3. The molecular weight excluding hydrogens is 212 g/mol. The molecule has 0 unspecified atom stereocenters. The molecule has 0 aromatic heterocycles. The van der Waals surface area contributed by atoms with Crippen LogP contribution in [0.25, 0.3) is 0 Å². The first kappa shape index (κ1) is 12.4. The second kappa shape index (κ2) is 4.34. The lowest BCUT2D eigenvalue weighted by Crippen LogP contribution is -2.13. The lowest BCUT2D eigenvalue weighted by atomic mass is 9.90. The summed E-state index contributed by atoms with van der Waals surface area (Å²) in [5, 5.41) is 9.46. The number of methoxy groups -OCH3 is 1. The van der Waals surface area contributed by atoms with E-state index in [0.717, 1.165) is 25.0 Å².